The Balaban J connectivity index is 0.00000392. The summed E-state index contributed by atoms with van der Waals surface area (Å²) in [6.07, 6.45) is 1.71. The topological polar surface area (TPSA) is 65.7 Å². The van der Waals surface area contributed by atoms with Crippen molar-refractivity contribution < 1.29 is 4.52 Å². The molecule has 0 unspecified atom stereocenters. The molecule has 1 heterocycles. The maximum absolute atomic E-state index is 5.43. The third-order valence-corrected chi connectivity index (χ3v) is 4.71. The molecule has 0 radical (unpaired) electrons. The standard InChI is InChI=1S/C21H33N5O.HI/c1-6-19-18(20(7-2)27-25-19)14-24-21(22-4)23-13-16-10-9-11-17(12-16)15-26(5)8-3;/h9-12H,6-8,13-15H2,1-5H3,(H2,22,23,24);1H. The first-order chi connectivity index (χ1) is 13.1. The van der Waals surface area contributed by atoms with Crippen molar-refractivity contribution in [1.29, 1.82) is 0 Å². The van der Waals surface area contributed by atoms with Crippen LogP contribution in [0.5, 0.6) is 0 Å². The lowest BCUT2D eigenvalue weighted by Gasteiger charge is -2.15. The van der Waals surface area contributed by atoms with Crippen LogP contribution in [0.25, 0.3) is 0 Å². The van der Waals surface area contributed by atoms with Gasteiger partial charge in [0, 0.05) is 38.7 Å². The van der Waals surface area contributed by atoms with Crippen LogP contribution < -0.4 is 10.6 Å². The Hall–Kier alpha value is -1.61. The lowest BCUT2D eigenvalue weighted by atomic mass is 10.1. The number of halogens is 1. The number of rotatable bonds is 9. The fourth-order valence-electron chi connectivity index (χ4n) is 2.98. The van der Waals surface area contributed by atoms with Gasteiger partial charge in [0.15, 0.2) is 5.96 Å². The minimum Gasteiger partial charge on any atom is -0.361 e. The van der Waals surface area contributed by atoms with Crippen molar-refractivity contribution in [2.45, 2.75) is 53.2 Å². The third kappa shape index (κ3) is 7.09. The monoisotopic (exact) mass is 499 g/mol. The molecule has 2 N–H and O–H groups in total. The molecule has 1 aromatic heterocycles. The van der Waals surface area contributed by atoms with Crippen molar-refractivity contribution in [1.82, 2.24) is 20.7 Å². The summed E-state index contributed by atoms with van der Waals surface area (Å²) in [6, 6.07) is 8.67. The zero-order valence-electron chi connectivity index (χ0n) is 17.7. The minimum absolute atomic E-state index is 0. The van der Waals surface area contributed by atoms with E-state index in [-0.39, 0.29) is 24.0 Å². The molecule has 0 saturated heterocycles. The number of aromatic nitrogens is 1. The van der Waals surface area contributed by atoms with E-state index in [9.17, 15) is 0 Å². The molecule has 0 amide bonds. The van der Waals surface area contributed by atoms with Crippen LogP contribution >= 0.6 is 24.0 Å². The fraction of sp³-hybridized carbons (Fsp3) is 0.524. The number of guanidine groups is 1. The minimum atomic E-state index is 0. The van der Waals surface area contributed by atoms with E-state index in [0.29, 0.717) is 6.54 Å². The normalized spacial score (nSPS) is 11.4. The molecule has 0 aliphatic rings. The maximum atomic E-state index is 5.43. The fourth-order valence-corrected chi connectivity index (χ4v) is 2.98. The molecule has 0 aliphatic heterocycles. The van der Waals surface area contributed by atoms with Crippen molar-refractivity contribution in [3.63, 3.8) is 0 Å². The molecule has 0 atom stereocenters. The van der Waals surface area contributed by atoms with E-state index in [1.165, 1.54) is 11.1 Å². The Bertz CT molecular complexity index is 723. The molecule has 0 saturated carbocycles. The average Bonchev–Trinajstić information content (AvgIpc) is 3.10. The average molecular weight is 499 g/mol. The highest BCUT2D eigenvalue weighted by atomic mass is 127. The van der Waals surface area contributed by atoms with Crippen LogP contribution in [0.1, 0.15) is 48.9 Å². The summed E-state index contributed by atoms with van der Waals surface area (Å²) in [5, 5.41) is 10.9. The molecule has 156 valence electrons. The second kappa shape index (κ2) is 12.8. The van der Waals surface area contributed by atoms with Gasteiger partial charge in [0.05, 0.1) is 5.69 Å². The molecule has 0 aliphatic carbocycles. The van der Waals surface area contributed by atoms with Gasteiger partial charge in [0.25, 0.3) is 0 Å². The number of hydrogen-bond acceptors (Lipinski definition) is 4. The van der Waals surface area contributed by atoms with E-state index in [0.717, 1.165) is 55.5 Å². The first-order valence-electron chi connectivity index (χ1n) is 9.78. The number of nitrogens with zero attached hydrogens (tertiary/aromatic N) is 3. The molecule has 2 aromatic rings. The van der Waals surface area contributed by atoms with Gasteiger partial charge in [0.2, 0.25) is 0 Å². The zero-order chi connectivity index (χ0) is 19.6. The van der Waals surface area contributed by atoms with E-state index >= 15 is 0 Å². The van der Waals surface area contributed by atoms with Gasteiger partial charge in [-0.3, -0.25) is 4.99 Å². The van der Waals surface area contributed by atoms with Gasteiger partial charge in [0.1, 0.15) is 5.76 Å². The summed E-state index contributed by atoms with van der Waals surface area (Å²) < 4.78 is 5.43. The molecular formula is C21H34IN5O. The smallest absolute Gasteiger partial charge is 0.191 e. The van der Waals surface area contributed by atoms with Gasteiger partial charge in [-0.1, -0.05) is 50.2 Å². The van der Waals surface area contributed by atoms with E-state index in [1.807, 2.05) is 0 Å². The lowest BCUT2D eigenvalue weighted by molar-refractivity contribution is 0.345. The van der Waals surface area contributed by atoms with Crippen LogP contribution in [0.15, 0.2) is 33.8 Å². The Kier molecular flexibility index (Phi) is 11.1. The molecule has 0 spiro atoms. The molecule has 1 aromatic carbocycles. The predicted octanol–water partition coefficient (Wildman–Crippen LogP) is 3.73. The number of nitrogens with one attached hydrogen (secondary N) is 2. The summed E-state index contributed by atoms with van der Waals surface area (Å²) in [6.45, 7) is 9.75. The van der Waals surface area contributed by atoms with Gasteiger partial charge < -0.3 is 20.1 Å². The van der Waals surface area contributed by atoms with Crippen LogP contribution in [-0.4, -0.2) is 36.7 Å². The van der Waals surface area contributed by atoms with Crippen LogP contribution in [0.4, 0.5) is 0 Å². The highest BCUT2D eigenvalue weighted by Gasteiger charge is 2.13. The second-order valence-electron chi connectivity index (χ2n) is 6.67. The van der Waals surface area contributed by atoms with Crippen molar-refractivity contribution in [3.05, 3.63) is 52.4 Å². The Labute approximate surface area is 186 Å². The Morgan fingerprint density at radius 1 is 1.11 bits per heavy atom. The van der Waals surface area contributed by atoms with E-state index in [2.05, 4.69) is 77.8 Å². The van der Waals surface area contributed by atoms with Crippen LogP contribution in [0, 0.1) is 0 Å². The highest BCUT2D eigenvalue weighted by Crippen LogP contribution is 2.15. The molecule has 28 heavy (non-hydrogen) atoms. The maximum Gasteiger partial charge on any atom is 0.191 e. The molecule has 6 nitrogen and oxygen atoms in total. The quantitative estimate of drug-likeness (QED) is 0.313. The van der Waals surface area contributed by atoms with Crippen LogP contribution in [0.3, 0.4) is 0 Å². The summed E-state index contributed by atoms with van der Waals surface area (Å²) in [5.74, 6) is 1.72. The number of aryl methyl sites for hydroxylation is 2. The highest BCUT2D eigenvalue weighted by molar-refractivity contribution is 14.0. The molecular weight excluding hydrogens is 465 g/mol. The molecule has 2 rings (SSSR count). The Morgan fingerprint density at radius 2 is 1.82 bits per heavy atom. The van der Waals surface area contributed by atoms with Crippen molar-refractivity contribution in [2.24, 2.45) is 4.99 Å². The third-order valence-electron chi connectivity index (χ3n) is 4.71. The van der Waals surface area contributed by atoms with Crippen molar-refractivity contribution >= 4 is 29.9 Å². The zero-order valence-corrected chi connectivity index (χ0v) is 20.0. The van der Waals surface area contributed by atoms with E-state index in [1.54, 1.807) is 7.05 Å². The lowest BCUT2D eigenvalue weighted by Crippen LogP contribution is -2.36. The molecule has 0 bridgehead atoms. The number of hydrogen-bond donors (Lipinski definition) is 2. The number of aliphatic imine (C=N–C) groups is 1. The second-order valence-corrected chi connectivity index (χ2v) is 6.67. The van der Waals surface area contributed by atoms with Crippen LogP contribution in [0.2, 0.25) is 0 Å². The SMILES string of the molecule is CCc1noc(CC)c1CNC(=NC)NCc1cccc(CN(C)CC)c1.I. The van der Waals surface area contributed by atoms with Crippen molar-refractivity contribution in [2.75, 3.05) is 20.6 Å². The predicted molar refractivity (Wildman–Crippen MR) is 126 cm³/mol. The Morgan fingerprint density at radius 3 is 2.46 bits per heavy atom. The van der Waals surface area contributed by atoms with E-state index < -0.39 is 0 Å². The first-order valence-corrected chi connectivity index (χ1v) is 9.78. The summed E-state index contributed by atoms with van der Waals surface area (Å²) in [5.41, 5.74) is 4.73. The van der Waals surface area contributed by atoms with Gasteiger partial charge in [-0.05, 0) is 31.1 Å². The number of benzene rings is 1. The van der Waals surface area contributed by atoms with Gasteiger partial charge in [-0.2, -0.15) is 0 Å². The first kappa shape index (κ1) is 24.4. The van der Waals surface area contributed by atoms with Crippen molar-refractivity contribution in [3.8, 4) is 0 Å². The van der Waals surface area contributed by atoms with Crippen LogP contribution in [-0.2, 0) is 32.5 Å². The van der Waals surface area contributed by atoms with E-state index in [4.69, 9.17) is 4.52 Å². The summed E-state index contributed by atoms with van der Waals surface area (Å²) >= 11 is 0. The van der Waals surface area contributed by atoms with Gasteiger partial charge >= 0.3 is 0 Å². The largest absolute Gasteiger partial charge is 0.361 e. The van der Waals surface area contributed by atoms with Gasteiger partial charge in [-0.15, -0.1) is 24.0 Å². The summed E-state index contributed by atoms with van der Waals surface area (Å²) in [4.78, 5) is 6.63. The molecule has 0 fully saturated rings. The molecule has 7 heteroatoms. The van der Waals surface area contributed by atoms with Gasteiger partial charge in [-0.25, -0.2) is 0 Å². The summed E-state index contributed by atoms with van der Waals surface area (Å²) in [7, 11) is 3.92.